The van der Waals surface area contributed by atoms with E-state index in [9.17, 15) is 9.59 Å². The largest absolute Gasteiger partial charge is 0.351 e. The monoisotopic (exact) mass is 278 g/mol. The molecule has 6 N–H and O–H groups in total. The minimum Gasteiger partial charge on any atom is -0.351 e. The average Bonchev–Trinajstić information content (AvgIpc) is 2.26. The van der Waals surface area contributed by atoms with Crippen molar-refractivity contribution >= 4 is 17.6 Å². The molecule has 1 rings (SSSR count). The summed E-state index contributed by atoms with van der Waals surface area (Å²) < 4.78 is 0. The lowest BCUT2D eigenvalue weighted by atomic mass is 10.0. The molecule has 0 heterocycles. The minimum atomic E-state index is -0.607. The number of nitrogens with two attached hydrogens (primary N) is 2. The van der Waals surface area contributed by atoms with Gasteiger partial charge < -0.3 is 22.1 Å². The van der Waals surface area contributed by atoms with Gasteiger partial charge in [-0.1, -0.05) is 12.1 Å². The number of primary amides is 1. The summed E-state index contributed by atoms with van der Waals surface area (Å²) in [5, 5.41) is 5.36. The fourth-order valence-corrected chi connectivity index (χ4v) is 1.79. The first kappa shape index (κ1) is 16.0. The van der Waals surface area contributed by atoms with Crippen LogP contribution in [0.3, 0.4) is 0 Å². The standard InChI is InChI=1S/C14H22N4O2/c1-9(17-12(19)8-14(2,3)16)10-4-6-11(7-5-10)18-13(15)20/h4-7,9H,8,16H2,1-3H3,(H,17,19)(H3,15,18,20). The van der Waals surface area contributed by atoms with E-state index in [1.807, 2.05) is 32.9 Å². The van der Waals surface area contributed by atoms with Crippen LogP contribution in [0.2, 0.25) is 0 Å². The number of carbonyl (C=O) groups is 2. The van der Waals surface area contributed by atoms with Gasteiger partial charge in [0.25, 0.3) is 0 Å². The van der Waals surface area contributed by atoms with Gasteiger partial charge in [0.15, 0.2) is 0 Å². The third-order valence-electron chi connectivity index (χ3n) is 2.67. The van der Waals surface area contributed by atoms with Gasteiger partial charge in [-0.15, -0.1) is 0 Å². The fourth-order valence-electron chi connectivity index (χ4n) is 1.79. The van der Waals surface area contributed by atoms with Crippen molar-refractivity contribution in [3.8, 4) is 0 Å². The molecule has 6 heteroatoms. The van der Waals surface area contributed by atoms with Gasteiger partial charge in [-0.3, -0.25) is 4.79 Å². The third kappa shape index (κ3) is 5.71. The maximum Gasteiger partial charge on any atom is 0.316 e. The van der Waals surface area contributed by atoms with Crippen LogP contribution < -0.4 is 22.1 Å². The molecule has 0 saturated heterocycles. The number of nitrogens with one attached hydrogen (secondary N) is 2. The minimum absolute atomic E-state index is 0.0932. The summed E-state index contributed by atoms with van der Waals surface area (Å²) in [7, 11) is 0. The molecule has 0 aliphatic heterocycles. The topological polar surface area (TPSA) is 110 Å². The highest BCUT2D eigenvalue weighted by atomic mass is 16.2. The molecular weight excluding hydrogens is 256 g/mol. The summed E-state index contributed by atoms with van der Waals surface area (Å²) >= 11 is 0. The molecule has 110 valence electrons. The molecule has 3 amide bonds. The number of carbonyl (C=O) groups excluding carboxylic acids is 2. The Morgan fingerprint density at radius 2 is 1.80 bits per heavy atom. The zero-order chi connectivity index (χ0) is 15.3. The number of benzene rings is 1. The summed E-state index contributed by atoms with van der Waals surface area (Å²) in [6, 6.07) is 6.37. The van der Waals surface area contributed by atoms with Crippen LogP contribution in [-0.4, -0.2) is 17.5 Å². The van der Waals surface area contributed by atoms with Gasteiger partial charge in [0.05, 0.1) is 6.04 Å². The van der Waals surface area contributed by atoms with Gasteiger partial charge in [0.2, 0.25) is 5.91 Å². The first-order valence-corrected chi connectivity index (χ1v) is 6.42. The Balaban J connectivity index is 2.61. The zero-order valence-electron chi connectivity index (χ0n) is 12.1. The lowest BCUT2D eigenvalue weighted by Gasteiger charge is -2.20. The van der Waals surface area contributed by atoms with Crippen molar-refractivity contribution in [1.82, 2.24) is 5.32 Å². The van der Waals surface area contributed by atoms with E-state index >= 15 is 0 Å². The molecule has 0 bridgehead atoms. The van der Waals surface area contributed by atoms with Crippen LogP contribution in [-0.2, 0) is 4.79 Å². The average molecular weight is 278 g/mol. The summed E-state index contributed by atoms with van der Waals surface area (Å²) in [6.45, 7) is 5.50. The lowest BCUT2D eigenvalue weighted by molar-refractivity contribution is -0.122. The third-order valence-corrected chi connectivity index (χ3v) is 2.67. The summed E-state index contributed by atoms with van der Waals surface area (Å²) in [6.07, 6.45) is 0.263. The second-order valence-corrected chi connectivity index (χ2v) is 5.57. The van der Waals surface area contributed by atoms with Crippen molar-refractivity contribution < 1.29 is 9.59 Å². The first-order valence-electron chi connectivity index (χ1n) is 6.42. The molecule has 1 aromatic rings. The van der Waals surface area contributed by atoms with Gasteiger partial charge in [-0.2, -0.15) is 0 Å². The molecule has 0 aliphatic rings. The fraction of sp³-hybridized carbons (Fsp3) is 0.429. The number of rotatable bonds is 5. The molecule has 1 atom stereocenters. The van der Waals surface area contributed by atoms with Crippen LogP contribution in [0.5, 0.6) is 0 Å². The number of amides is 3. The van der Waals surface area contributed by atoms with Crippen LogP contribution in [0.4, 0.5) is 10.5 Å². The Kier molecular flexibility index (Phi) is 5.10. The number of hydrogen-bond donors (Lipinski definition) is 4. The predicted octanol–water partition coefficient (Wildman–Crippen LogP) is 1.48. The van der Waals surface area contributed by atoms with Crippen molar-refractivity contribution in [1.29, 1.82) is 0 Å². The van der Waals surface area contributed by atoms with E-state index in [4.69, 9.17) is 11.5 Å². The Morgan fingerprint density at radius 3 is 2.25 bits per heavy atom. The van der Waals surface area contributed by atoms with Crippen molar-refractivity contribution in [3.63, 3.8) is 0 Å². The van der Waals surface area contributed by atoms with E-state index in [0.29, 0.717) is 5.69 Å². The van der Waals surface area contributed by atoms with Crippen molar-refractivity contribution in [3.05, 3.63) is 29.8 Å². The van der Waals surface area contributed by atoms with E-state index in [-0.39, 0.29) is 18.4 Å². The number of hydrogen-bond acceptors (Lipinski definition) is 3. The first-order chi connectivity index (χ1) is 9.17. The number of urea groups is 1. The van der Waals surface area contributed by atoms with Crippen LogP contribution in [0, 0.1) is 0 Å². The SMILES string of the molecule is CC(NC(=O)CC(C)(C)N)c1ccc(NC(N)=O)cc1. The molecule has 0 fully saturated rings. The van der Waals surface area contributed by atoms with Gasteiger partial charge in [0.1, 0.15) is 0 Å². The second kappa shape index (κ2) is 6.38. The van der Waals surface area contributed by atoms with E-state index in [0.717, 1.165) is 5.56 Å². The quantitative estimate of drug-likeness (QED) is 0.654. The molecular formula is C14H22N4O2. The molecule has 6 nitrogen and oxygen atoms in total. The van der Waals surface area contributed by atoms with Crippen LogP contribution in [0.1, 0.15) is 38.8 Å². The molecule has 0 saturated carbocycles. The molecule has 0 aromatic heterocycles. The predicted molar refractivity (Wildman–Crippen MR) is 79.1 cm³/mol. The Morgan fingerprint density at radius 1 is 1.25 bits per heavy atom. The molecule has 0 radical (unpaired) electrons. The van der Waals surface area contributed by atoms with Crippen LogP contribution in [0.15, 0.2) is 24.3 Å². The normalized spacial score (nSPS) is 12.6. The van der Waals surface area contributed by atoms with E-state index in [2.05, 4.69) is 10.6 Å². The lowest BCUT2D eigenvalue weighted by Crippen LogP contribution is -2.39. The molecule has 1 aromatic carbocycles. The van der Waals surface area contributed by atoms with Gasteiger partial charge in [0, 0.05) is 17.6 Å². The maximum absolute atomic E-state index is 11.8. The molecule has 0 spiro atoms. The summed E-state index contributed by atoms with van der Waals surface area (Å²) in [5.41, 5.74) is 11.9. The molecule has 1 unspecified atom stereocenters. The number of anilines is 1. The zero-order valence-corrected chi connectivity index (χ0v) is 12.1. The van der Waals surface area contributed by atoms with E-state index in [1.165, 1.54) is 0 Å². The highest BCUT2D eigenvalue weighted by molar-refractivity contribution is 5.87. The highest BCUT2D eigenvalue weighted by Crippen LogP contribution is 2.16. The van der Waals surface area contributed by atoms with Gasteiger partial charge in [-0.25, -0.2) is 4.79 Å². The van der Waals surface area contributed by atoms with Crippen molar-refractivity contribution in [2.24, 2.45) is 11.5 Å². The van der Waals surface area contributed by atoms with Crippen LogP contribution >= 0.6 is 0 Å². The Labute approximate surface area is 118 Å². The Bertz CT molecular complexity index is 477. The Hall–Kier alpha value is -2.08. The summed E-state index contributed by atoms with van der Waals surface area (Å²) in [5.74, 6) is -0.0932. The summed E-state index contributed by atoms with van der Waals surface area (Å²) in [4.78, 5) is 22.5. The maximum atomic E-state index is 11.8. The molecule has 20 heavy (non-hydrogen) atoms. The molecule has 0 aliphatic carbocycles. The van der Waals surface area contributed by atoms with Crippen molar-refractivity contribution in [2.45, 2.75) is 38.8 Å². The van der Waals surface area contributed by atoms with Crippen molar-refractivity contribution in [2.75, 3.05) is 5.32 Å². The highest BCUT2D eigenvalue weighted by Gasteiger charge is 2.18. The van der Waals surface area contributed by atoms with E-state index < -0.39 is 11.6 Å². The van der Waals surface area contributed by atoms with Crippen LogP contribution in [0.25, 0.3) is 0 Å². The van der Waals surface area contributed by atoms with E-state index in [1.54, 1.807) is 12.1 Å². The second-order valence-electron chi connectivity index (χ2n) is 5.57. The van der Waals surface area contributed by atoms with Gasteiger partial charge in [-0.05, 0) is 38.5 Å². The smallest absolute Gasteiger partial charge is 0.316 e. The van der Waals surface area contributed by atoms with Gasteiger partial charge >= 0.3 is 6.03 Å².